The number of nitrogens with one attached hydrogen (secondary N) is 1. The van der Waals surface area contributed by atoms with Crippen molar-refractivity contribution in [2.45, 2.75) is 12.5 Å². The van der Waals surface area contributed by atoms with Crippen LogP contribution in [0.25, 0.3) is 0 Å². The van der Waals surface area contributed by atoms with E-state index in [0.29, 0.717) is 25.5 Å². The summed E-state index contributed by atoms with van der Waals surface area (Å²) in [6.07, 6.45) is 3.64. The SMILES string of the molecule is CN(CCC#N)S(=O)(=O)N1CCNCC1c1nccn1C. The first kappa shape index (κ1) is 15.9. The molecule has 1 fully saturated rings. The van der Waals surface area contributed by atoms with Gasteiger partial charge in [-0.15, -0.1) is 0 Å². The minimum absolute atomic E-state index is 0.175. The molecule has 0 radical (unpaired) electrons. The summed E-state index contributed by atoms with van der Waals surface area (Å²) in [4.78, 5) is 4.27. The van der Waals surface area contributed by atoms with E-state index in [2.05, 4.69) is 10.3 Å². The number of piperazine rings is 1. The van der Waals surface area contributed by atoms with Crippen molar-refractivity contribution < 1.29 is 8.42 Å². The van der Waals surface area contributed by atoms with Gasteiger partial charge in [-0.05, 0) is 0 Å². The molecule has 1 N–H and O–H groups in total. The molecule has 1 unspecified atom stereocenters. The Morgan fingerprint density at radius 3 is 3.00 bits per heavy atom. The first-order chi connectivity index (χ1) is 9.98. The Morgan fingerprint density at radius 2 is 2.38 bits per heavy atom. The molecule has 1 aliphatic rings. The number of imidazole rings is 1. The van der Waals surface area contributed by atoms with Crippen LogP contribution in [-0.2, 0) is 17.3 Å². The molecule has 0 bridgehead atoms. The summed E-state index contributed by atoms with van der Waals surface area (Å²) in [6.45, 7) is 1.70. The van der Waals surface area contributed by atoms with Gasteiger partial charge in [0.1, 0.15) is 5.82 Å². The van der Waals surface area contributed by atoms with Crippen molar-refractivity contribution in [1.82, 2.24) is 23.5 Å². The van der Waals surface area contributed by atoms with Crippen LogP contribution in [0.4, 0.5) is 0 Å². The van der Waals surface area contributed by atoms with Crippen LogP contribution in [0.2, 0.25) is 0 Å². The molecule has 0 saturated carbocycles. The van der Waals surface area contributed by atoms with Gasteiger partial charge in [-0.1, -0.05) is 0 Å². The number of hydrogen-bond donors (Lipinski definition) is 1. The number of rotatable bonds is 5. The van der Waals surface area contributed by atoms with Crippen LogP contribution >= 0.6 is 0 Å². The average Bonchev–Trinajstić information content (AvgIpc) is 2.90. The van der Waals surface area contributed by atoms with E-state index in [0.717, 1.165) is 0 Å². The van der Waals surface area contributed by atoms with Crippen molar-refractivity contribution in [3.8, 4) is 6.07 Å². The molecule has 0 aliphatic carbocycles. The number of nitrogens with zero attached hydrogens (tertiary/aromatic N) is 5. The van der Waals surface area contributed by atoms with Crippen molar-refractivity contribution in [2.24, 2.45) is 7.05 Å². The van der Waals surface area contributed by atoms with Gasteiger partial charge in [0.05, 0.1) is 12.1 Å². The van der Waals surface area contributed by atoms with Gasteiger partial charge in [0.15, 0.2) is 0 Å². The van der Waals surface area contributed by atoms with Crippen molar-refractivity contribution in [1.29, 1.82) is 5.26 Å². The Labute approximate surface area is 125 Å². The lowest BCUT2D eigenvalue weighted by Gasteiger charge is -2.36. The van der Waals surface area contributed by atoms with Crippen LogP contribution < -0.4 is 5.32 Å². The highest BCUT2D eigenvalue weighted by Crippen LogP contribution is 2.25. The van der Waals surface area contributed by atoms with E-state index >= 15 is 0 Å². The summed E-state index contributed by atoms with van der Waals surface area (Å²) in [5.74, 6) is 0.708. The van der Waals surface area contributed by atoms with Crippen LogP contribution in [0.15, 0.2) is 12.4 Å². The predicted octanol–water partition coefficient (Wildman–Crippen LogP) is -0.543. The van der Waals surface area contributed by atoms with Gasteiger partial charge in [0.25, 0.3) is 10.2 Å². The zero-order valence-electron chi connectivity index (χ0n) is 12.2. The molecule has 116 valence electrons. The molecule has 0 spiro atoms. The number of aryl methyl sites for hydroxylation is 1. The molecule has 0 aromatic carbocycles. The third-order valence-electron chi connectivity index (χ3n) is 3.58. The largest absolute Gasteiger partial charge is 0.337 e. The molecule has 9 heteroatoms. The fourth-order valence-electron chi connectivity index (χ4n) is 2.38. The standard InChI is InChI=1S/C12H20N6O2S/c1-16-8-6-15-12(16)11-10-14-5-9-18(11)21(19,20)17(2)7-3-4-13/h6,8,11,14H,3,5,7,9-10H2,1-2H3. The van der Waals surface area contributed by atoms with Gasteiger partial charge in [-0.25, -0.2) is 4.98 Å². The Morgan fingerprint density at radius 1 is 1.62 bits per heavy atom. The van der Waals surface area contributed by atoms with E-state index in [1.165, 1.54) is 15.7 Å². The minimum Gasteiger partial charge on any atom is -0.337 e. The maximum atomic E-state index is 12.7. The number of aromatic nitrogens is 2. The van der Waals surface area contributed by atoms with Crippen LogP contribution in [0, 0.1) is 11.3 Å². The molecular weight excluding hydrogens is 292 g/mol. The first-order valence-electron chi connectivity index (χ1n) is 6.76. The Bertz CT molecular complexity index is 620. The van der Waals surface area contributed by atoms with Gasteiger partial charge in [0.2, 0.25) is 0 Å². The minimum atomic E-state index is -3.60. The highest BCUT2D eigenvalue weighted by molar-refractivity contribution is 7.86. The molecule has 0 amide bonds. The van der Waals surface area contributed by atoms with Crippen LogP contribution in [-0.4, -0.2) is 59.8 Å². The first-order valence-corrected chi connectivity index (χ1v) is 8.16. The molecule has 1 saturated heterocycles. The van der Waals surface area contributed by atoms with E-state index < -0.39 is 10.2 Å². The zero-order valence-corrected chi connectivity index (χ0v) is 13.0. The highest BCUT2D eigenvalue weighted by atomic mass is 32.2. The lowest BCUT2D eigenvalue weighted by atomic mass is 10.2. The third kappa shape index (κ3) is 3.24. The summed E-state index contributed by atoms with van der Waals surface area (Å²) in [6, 6.07) is 1.63. The predicted molar refractivity (Wildman–Crippen MR) is 77.3 cm³/mol. The van der Waals surface area contributed by atoms with Crippen molar-refractivity contribution in [3.63, 3.8) is 0 Å². The molecule has 21 heavy (non-hydrogen) atoms. The van der Waals surface area contributed by atoms with Gasteiger partial charge < -0.3 is 9.88 Å². The third-order valence-corrected chi connectivity index (χ3v) is 5.58. The fraction of sp³-hybridized carbons (Fsp3) is 0.667. The van der Waals surface area contributed by atoms with E-state index in [1.807, 2.05) is 17.7 Å². The maximum Gasteiger partial charge on any atom is 0.282 e. The van der Waals surface area contributed by atoms with Gasteiger partial charge in [-0.3, -0.25) is 0 Å². The Kier molecular flexibility index (Phi) is 4.95. The van der Waals surface area contributed by atoms with E-state index in [-0.39, 0.29) is 19.0 Å². The van der Waals surface area contributed by atoms with E-state index in [1.54, 1.807) is 12.4 Å². The van der Waals surface area contributed by atoms with Gasteiger partial charge in [0, 0.05) is 59.1 Å². The van der Waals surface area contributed by atoms with Crippen molar-refractivity contribution >= 4 is 10.2 Å². The quantitative estimate of drug-likeness (QED) is 0.788. The van der Waals surface area contributed by atoms with Crippen molar-refractivity contribution in [3.05, 3.63) is 18.2 Å². The number of hydrogen-bond acceptors (Lipinski definition) is 5. The summed E-state index contributed by atoms with van der Waals surface area (Å²) < 4.78 is 29.9. The second-order valence-corrected chi connectivity index (χ2v) is 6.95. The molecule has 1 aliphatic heterocycles. The maximum absolute atomic E-state index is 12.7. The Hall–Kier alpha value is -1.47. The van der Waals surface area contributed by atoms with Crippen LogP contribution in [0.3, 0.4) is 0 Å². The van der Waals surface area contributed by atoms with E-state index in [9.17, 15) is 8.42 Å². The second kappa shape index (κ2) is 6.53. The summed E-state index contributed by atoms with van der Waals surface area (Å²) >= 11 is 0. The molecule has 1 aromatic heterocycles. The van der Waals surface area contributed by atoms with Gasteiger partial charge in [-0.2, -0.15) is 22.3 Å². The van der Waals surface area contributed by atoms with Gasteiger partial charge >= 0.3 is 0 Å². The molecule has 2 rings (SSSR count). The van der Waals surface area contributed by atoms with Crippen LogP contribution in [0.5, 0.6) is 0 Å². The molecule has 1 atom stereocenters. The molecule has 1 aromatic rings. The van der Waals surface area contributed by atoms with Crippen LogP contribution in [0.1, 0.15) is 18.3 Å². The lowest BCUT2D eigenvalue weighted by molar-refractivity contribution is 0.242. The average molecular weight is 312 g/mol. The zero-order chi connectivity index (χ0) is 15.5. The normalized spacial score (nSPS) is 20.6. The number of nitriles is 1. The topological polar surface area (TPSA) is 94.3 Å². The molecular formula is C12H20N6O2S. The second-order valence-electron chi connectivity index (χ2n) is 4.96. The highest BCUT2D eigenvalue weighted by Gasteiger charge is 2.37. The monoisotopic (exact) mass is 312 g/mol. The summed E-state index contributed by atoms with van der Waals surface area (Å²) in [5.41, 5.74) is 0. The lowest BCUT2D eigenvalue weighted by Crippen LogP contribution is -2.53. The summed E-state index contributed by atoms with van der Waals surface area (Å²) in [7, 11) is -0.252. The Balaban J connectivity index is 2.26. The molecule has 8 nitrogen and oxygen atoms in total. The van der Waals surface area contributed by atoms with E-state index in [4.69, 9.17) is 5.26 Å². The van der Waals surface area contributed by atoms with Crippen molar-refractivity contribution in [2.75, 3.05) is 33.2 Å². The molecule has 2 heterocycles. The fourth-order valence-corrected chi connectivity index (χ4v) is 3.87. The summed E-state index contributed by atoms with van der Waals surface area (Å²) in [5, 5.41) is 11.8. The smallest absolute Gasteiger partial charge is 0.282 e.